The van der Waals surface area contributed by atoms with Crippen molar-refractivity contribution < 1.29 is 19.4 Å². The maximum atomic E-state index is 13.1. The molecule has 5 rings (SSSR count). The molecule has 0 aliphatic carbocycles. The zero-order valence-electron chi connectivity index (χ0n) is 17.3. The lowest BCUT2D eigenvalue weighted by molar-refractivity contribution is -0.140. The third kappa shape index (κ3) is 3.68. The predicted molar refractivity (Wildman–Crippen MR) is 123 cm³/mol. The van der Waals surface area contributed by atoms with Crippen LogP contribution >= 0.6 is 11.6 Å². The number of aliphatic hydroxyl groups is 1. The molecule has 3 aromatic carbocycles. The largest absolute Gasteiger partial charge is 0.507 e. The summed E-state index contributed by atoms with van der Waals surface area (Å²) in [5.74, 6) is -1.49. The number of Topliss-reactive ketones (excluding diaryl/α,β-unsaturated/α-hetero) is 1. The number of hydrogen-bond donors (Lipinski definition) is 1. The first-order valence-corrected chi connectivity index (χ1v) is 11.1. The minimum Gasteiger partial charge on any atom is -0.507 e. The number of ketones is 1. The van der Waals surface area contributed by atoms with Gasteiger partial charge in [-0.2, -0.15) is 0 Å². The number of halogens is 1. The number of carbonyl (C=O) groups excluding carboxylic acids is 2. The molecule has 2 unspecified atom stereocenters. The molecule has 1 amide bonds. The highest BCUT2D eigenvalue weighted by atomic mass is 35.5. The van der Waals surface area contributed by atoms with Crippen LogP contribution in [-0.2, 0) is 14.3 Å². The van der Waals surface area contributed by atoms with Gasteiger partial charge in [0.2, 0.25) is 0 Å². The molecular weight excluding hydrogens is 426 g/mol. The van der Waals surface area contributed by atoms with E-state index < -0.39 is 17.7 Å². The molecule has 2 saturated heterocycles. The highest BCUT2D eigenvalue weighted by Crippen LogP contribution is 2.40. The first-order valence-electron chi connectivity index (χ1n) is 10.7. The van der Waals surface area contributed by atoms with Gasteiger partial charge in [0.25, 0.3) is 11.7 Å². The van der Waals surface area contributed by atoms with Gasteiger partial charge in [0, 0.05) is 23.7 Å². The Bertz CT molecular complexity index is 1230. The topological polar surface area (TPSA) is 66.8 Å². The smallest absolute Gasteiger partial charge is 0.295 e. The summed E-state index contributed by atoms with van der Waals surface area (Å²) in [5, 5.41) is 13.8. The van der Waals surface area contributed by atoms with Gasteiger partial charge in [-0.15, -0.1) is 0 Å². The van der Waals surface area contributed by atoms with Crippen molar-refractivity contribution in [2.45, 2.75) is 25.0 Å². The first-order chi connectivity index (χ1) is 15.5. The summed E-state index contributed by atoms with van der Waals surface area (Å²) in [4.78, 5) is 27.7. The van der Waals surface area contributed by atoms with E-state index in [4.69, 9.17) is 16.3 Å². The average Bonchev–Trinajstić information content (AvgIpc) is 3.41. The third-order valence-corrected chi connectivity index (χ3v) is 6.42. The number of aliphatic hydroxyl groups excluding tert-OH is 1. The summed E-state index contributed by atoms with van der Waals surface area (Å²) in [6, 6.07) is 19.6. The molecule has 3 aromatic rings. The van der Waals surface area contributed by atoms with Gasteiger partial charge in [-0.05, 0) is 47.4 Å². The molecule has 6 heteroatoms. The Hall–Kier alpha value is -3.15. The van der Waals surface area contributed by atoms with E-state index in [1.54, 1.807) is 30.3 Å². The van der Waals surface area contributed by atoms with Crippen LogP contribution in [0.5, 0.6) is 0 Å². The summed E-state index contributed by atoms with van der Waals surface area (Å²) in [6.45, 7) is 0.948. The number of ether oxygens (including phenoxy) is 1. The van der Waals surface area contributed by atoms with E-state index in [0.717, 1.165) is 23.6 Å². The highest BCUT2D eigenvalue weighted by Gasteiger charge is 2.47. The van der Waals surface area contributed by atoms with Crippen LogP contribution in [0.2, 0.25) is 5.02 Å². The third-order valence-electron chi connectivity index (χ3n) is 6.17. The quantitative estimate of drug-likeness (QED) is 0.343. The van der Waals surface area contributed by atoms with E-state index in [0.29, 0.717) is 29.3 Å². The minimum absolute atomic E-state index is 0.0885. The zero-order valence-corrected chi connectivity index (χ0v) is 18.1. The molecule has 32 heavy (non-hydrogen) atoms. The van der Waals surface area contributed by atoms with E-state index in [9.17, 15) is 14.7 Å². The van der Waals surface area contributed by atoms with Gasteiger partial charge >= 0.3 is 0 Å². The van der Waals surface area contributed by atoms with Crippen LogP contribution in [0, 0.1) is 0 Å². The van der Waals surface area contributed by atoms with Gasteiger partial charge in [0.15, 0.2) is 0 Å². The zero-order chi connectivity index (χ0) is 22.2. The number of nitrogens with zero attached hydrogens (tertiary/aromatic N) is 1. The molecule has 2 heterocycles. The fourth-order valence-electron chi connectivity index (χ4n) is 4.56. The summed E-state index contributed by atoms with van der Waals surface area (Å²) in [7, 11) is 0. The summed E-state index contributed by atoms with van der Waals surface area (Å²) in [5.41, 5.74) is 1.30. The molecule has 0 radical (unpaired) electrons. The maximum absolute atomic E-state index is 13.1. The number of fused-ring (bicyclic) bond motifs is 1. The van der Waals surface area contributed by atoms with Crippen LogP contribution < -0.4 is 0 Å². The second kappa shape index (κ2) is 8.41. The molecule has 0 spiro atoms. The molecule has 2 aliphatic heterocycles. The Morgan fingerprint density at radius 1 is 1.03 bits per heavy atom. The van der Waals surface area contributed by atoms with E-state index in [2.05, 4.69) is 0 Å². The summed E-state index contributed by atoms with van der Waals surface area (Å²) in [6.07, 6.45) is 1.64. The monoisotopic (exact) mass is 447 g/mol. The van der Waals surface area contributed by atoms with Crippen LogP contribution in [0.1, 0.15) is 30.0 Å². The lowest BCUT2D eigenvalue weighted by Gasteiger charge is -2.27. The molecule has 0 bridgehead atoms. The van der Waals surface area contributed by atoms with Crippen molar-refractivity contribution in [1.29, 1.82) is 0 Å². The fraction of sp³-hybridized carbons (Fsp3) is 0.231. The second-order valence-electron chi connectivity index (χ2n) is 8.20. The molecule has 0 saturated carbocycles. The van der Waals surface area contributed by atoms with Crippen molar-refractivity contribution in [3.63, 3.8) is 0 Å². The van der Waals surface area contributed by atoms with Gasteiger partial charge in [0.05, 0.1) is 17.7 Å². The van der Waals surface area contributed by atoms with E-state index in [1.165, 1.54) is 4.90 Å². The normalized spacial score (nSPS) is 22.7. The molecule has 0 aromatic heterocycles. The van der Waals surface area contributed by atoms with Crippen molar-refractivity contribution in [2.24, 2.45) is 0 Å². The van der Waals surface area contributed by atoms with Crippen LogP contribution in [0.4, 0.5) is 0 Å². The Balaban J connectivity index is 1.63. The number of benzene rings is 3. The molecule has 2 fully saturated rings. The highest BCUT2D eigenvalue weighted by molar-refractivity contribution is 6.46. The van der Waals surface area contributed by atoms with E-state index in [-0.39, 0.29) is 17.4 Å². The molecule has 5 nitrogen and oxygen atoms in total. The Labute approximate surface area is 190 Å². The van der Waals surface area contributed by atoms with E-state index >= 15 is 0 Å². The van der Waals surface area contributed by atoms with Gasteiger partial charge in [-0.3, -0.25) is 9.59 Å². The van der Waals surface area contributed by atoms with Gasteiger partial charge in [-0.1, -0.05) is 60.1 Å². The number of likely N-dealkylation sites (tertiary alicyclic amines) is 1. The van der Waals surface area contributed by atoms with Crippen molar-refractivity contribution in [1.82, 2.24) is 4.90 Å². The predicted octanol–water partition coefficient (Wildman–Crippen LogP) is 5.09. The fourth-order valence-corrected chi connectivity index (χ4v) is 4.69. The van der Waals surface area contributed by atoms with Crippen LogP contribution in [0.25, 0.3) is 16.5 Å². The average molecular weight is 448 g/mol. The van der Waals surface area contributed by atoms with Crippen LogP contribution in [-0.4, -0.2) is 41.0 Å². The number of amides is 1. The van der Waals surface area contributed by atoms with Crippen molar-refractivity contribution in [2.75, 3.05) is 13.2 Å². The lowest BCUT2D eigenvalue weighted by Crippen LogP contribution is -2.36. The summed E-state index contributed by atoms with van der Waals surface area (Å²) >= 11 is 6.07. The van der Waals surface area contributed by atoms with Crippen LogP contribution in [0.15, 0.2) is 72.3 Å². The molecular formula is C26H22ClNO4. The van der Waals surface area contributed by atoms with Gasteiger partial charge < -0.3 is 14.7 Å². The van der Waals surface area contributed by atoms with Crippen molar-refractivity contribution in [3.8, 4) is 0 Å². The lowest BCUT2D eigenvalue weighted by atomic mass is 9.94. The van der Waals surface area contributed by atoms with Crippen molar-refractivity contribution >= 4 is 39.8 Å². The Morgan fingerprint density at radius 2 is 1.78 bits per heavy atom. The summed E-state index contributed by atoms with van der Waals surface area (Å²) < 4.78 is 5.73. The number of hydrogen-bond acceptors (Lipinski definition) is 4. The molecule has 162 valence electrons. The minimum atomic E-state index is -0.706. The molecule has 1 N–H and O–H groups in total. The molecule has 2 atom stereocenters. The number of rotatable bonds is 4. The first kappa shape index (κ1) is 20.7. The van der Waals surface area contributed by atoms with Crippen LogP contribution in [0.3, 0.4) is 0 Å². The molecule has 2 aliphatic rings. The Kier molecular flexibility index (Phi) is 5.45. The number of carbonyl (C=O) groups is 2. The van der Waals surface area contributed by atoms with Crippen molar-refractivity contribution in [3.05, 3.63) is 88.5 Å². The van der Waals surface area contributed by atoms with Gasteiger partial charge in [-0.25, -0.2) is 0 Å². The van der Waals surface area contributed by atoms with Gasteiger partial charge in [0.1, 0.15) is 5.76 Å². The SMILES string of the molecule is O=C1C(=O)N(CC2CCCO2)C(c2ccc(Cl)cc2)/C1=C(/O)c1ccc2ccccc2c1. The maximum Gasteiger partial charge on any atom is 0.295 e. The standard InChI is InChI=1S/C26H22ClNO4/c27-20-11-9-17(10-12-20)23-22(25(30)26(31)28(23)15-21-6-3-13-32-21)24(29)19-8-7-16-4-1-2-5-18(16)14-19/h1-2,4-5,7-12,14,21,23,29H,3,6,13,15H2/b24-22-. The van der Waals surface area contributed by atoms with E-state index in [1.807, 2.05) is 36.4 Å². The Morgan fingerprint density at radius 3 is 2.50 bits per heavy atom. The second-order valence-corrected chi connectivity index (χ2v) is 8.64.